The molecule has 5 heteroatoms. The van der Waals surface area contributed by atoms with Crippen LogP contribution in [-0.4, -0.2) is 24.4 Å². The molecule has 0 aromatic heterocycles. The van der Waals surface area contributed by atoms with Crippen molar-refractivity contribution in [2.24, 2.45) is 35.5 Å². The van der Waals surface area contributed by atoms with E-state index in [4.69, 9.17) is 4.74 Å². The summed E-state index contributed by atoms with van der Waals surface area (Å²) in [5.74, 6) is 0.682. The number of nitrogens with zero attached hydrogens (tertiary/aromatic N) is 1. The van der Waals surface area contributed by atoms with Crippen molar-refractivity contribution in [2.75, 3.05) is 11.5 Å². The topological polar surface area (TPSA) is 63.7 Å². The number of rotatable bonds is 3. The SMILES string of the molecule is CCOC(=O)c1ccc(N2C(=O)[C@H]3[C@@H]4C=C[C@H]([C@H]5C[C@H]45)[C@@H]3C2=O)cc1. The maximum Gasteiger partial charge on any atom is 0.338 e. The highest BCUT2D eigenvalue weighted by atomic mass is 16.5. The Balaban J connectivity index is 1.45. The quantitative estimate of drug-likeness (QED) is 0.483. The molecule has 1 aromatic rings. The Morgan fingerprint density at radius 1 is 1.04 bits per heavy atom. The zero-order valence-electron chi connectivity index (χ0n) is 13.9. The van der Waals surface area contributed by atoms with Crippen molar-refractivity contribution in [1.82, 2.24) is 0 Å². The highest BCUT2D eigenvalue weighted by Crippen LogP contribution is 2.65. The Hall–Kier alpha value is -2.43. The van der Waals surface area contributed by atoms with Gasteiger partial charge in [-0.15, -0.1) is 0 Å². The molecule has 6 atom stereocenters. The van der Waals surface area contributed by atoms with Gasteiger partial charge in [-0.1, -0.05) is 12.2 Å². The van der Waals surface area contributed by atoms with E-state index in [0.29, 0.717) is 29.7 Å². The molecule has 25 heavy (non-hydrogen) atoms. The van der Waals surface area contributed by atoms with Gasteiger partial charge in [-0.05, 0) is 61.3 Å². The van der Waals surface area contributed by atoms with Gasteiger partial charge < -0.3 is 4.74 Å². The molecular weight excluding hydrogens is 318 g/mol. The first-order valence-corrected chi connectivity index (χ1v) is 8.95. The molecule has 1 aliphatic heterocycles. The van der Waals surface area contributed by atoms with Crippen LogP contribution in [0.4, 0.5) is 5.69 Å². The van der Waals surface area contributed by atoms with E-state index in [-0.39, 0.29) is 35.5 Å². The molecule has 3 fully saturated rings. The highest BCUT2D eigenvalue weighted by Gasteiger charge is 2.67. The van der Waals surface area contributed by atoms with Gasteiger partial charge in [0.05, 0.1) is 29.7 Å². The fraction of sp³-hybridized carbons (Fsp3) is 0.450. The fourth-order valence-electron chi connectivity index (χ4n) is 5.17. The zero-order valence-corrected chi connectivity index (χ0v) is 13.9. The first kappa shape index (κ1) is 14.9. The number of anilines is 1. The summed E-state index contributed by atoms with van der Waals surface area (Å²) in [7, 11) is 0. The molecule has 0 N–H and O–H groups in total. The lowest BCUT2D eigenvalue weighted by atomic mass is 9.63. The Kier molecular flexibility index (Phi) is 3.00. The fourth-order valence-corrected chi connectivity index (χ4v) is 5.17. The number of allylic oxidation sites excluding steroid dienone is 2. The van der Waals surface area contributed by atoms with Crippen molar-refractivity contribution in [3.8, 4) is 0 Å². The minimum atomic E-state index is -0.399. The molecule has 1 heterocycles. The molecule has 2 saturated carbocycles. The number of hydrogen-bond acceptors (Lipinski definition) is 4. The molecule has 1 aromatic carbocycles. The van der Waals surface area contributed by atoms with Crippen molar-refractivity contribution in [1.29, 1.82) is 0 Å². The summed E-state index contributed by atoms with van der Waals surface area (Å²) in [4.78, 5) is 39.1. The summed E-state index contributed by atoms with van der Waals surface area (Å²) >= 11 is 0. The average Bonchev–Trinajstić information content (AvgIpc) is 3.40. The van der Waals surface area contributed by atoms with Crippen LogP contribution in [0.2, 0.25) is 0 Å². The largest absolute Gasteiger partial charge is 0.462 e. The van der Waals surface area contributed by atoms with Gasteiger partial charge in [0.2, 0.25) is 11.8 Å². The maximum absolute atomic E-state index is 13.0. The van der Waals surface area contributed by atoms with Crippen LogP contribution in [0.5, 0.6) is 0 Å². The maximum atomic E-state index is 13.0. The van der Waals surface area contributed by atoms with E-state index in [2.05, 4.69) is 12.2 Å². The molecule has 4 aliphatic carbocycles. The van der Waals surface area contributed by atoms with Gasteiger partial charge in [0.15, 0.2) is 0 Å². The lowest BCUT2D eigenvalue weighted by molar-refractivity contribution is -0.124. The summed E-state index contributed by atoms with van der Waals surface area (Å²) in [6, 6.07) is 6.55. The van der Waals surface area contributed by atoms with E-state index in [1.165, 1.54) is 4.90 Å². The van der Waals surface area contributed by atoms with Crippen molar-refractivity contribution in [3.05, 3.63) is 42.0 Å². The Morgan fingerprint density at radius 3 is 2.12 bits per heavy atom. The van der Waals surface area contributed by atoms with Crippen LogP contribution in [-0.2, 0) is 14.3 Å². The Labute approximate surface area is 145 Å². The van der Waals surface area contributed by atoms with E-state index < -0.39 is 5.97 Å². The van der Waals surface area contributed by atoms with Crippen LogP contribution in [0.25, 0.3) is 0 Å². The number of hydrogen-bond donors (Lipinski definition) is 0. The van der Waals surface area contributed by atoms with Gasteiger partial charge in [0, 0.05) is 0 Å². The van der Waals surface area contributed by atoms with Crippen LogP contribution >= 0.6 is 0 Å². The predicted molar refractivity (Wildman–Crippen MR) is 89.6 cm³/mol. The monoisotopic (exact) mass is 337 g/mol. The van der Waals surface area contributed by atoms with E-state index in [9.17, 15) is 14.4 Å². The third-order valence-corrected chi connectivity index (χ3v) is 6.30. The van der Waals surface area contributed by atoms with E-state index in [1.807, 2.05) is 0 Å². The number of ether oxygens (including phenoxy) is 1. The van der Waals surface area contributed by atoms with Gasteiger partial charge in [-0.2, -0.15) is 0 Å². The van der Waals surface area contributed by atoms with Crippen molar-refractivity contribution >= 4 is 23.5 Å². The number of esters is 1. The van der Waals surface area contributed by atoms with Gasteiger partial charge in [-0.25, -0.2) is 4.79 Å². The molecule has 1 saturated heterocycles. The zero-order chi connectivity index (χ0) is 17.3. The summed E-state index contributed by atoms with van der Waals surface area (Å²) in [6.07, 6.45) is 5.49. The lowest BCUT2D eigenvalue weighted by Gasteiger charge is -2.37. The number of benzene rings is 1. The molecule has 5 nitrogen and oxygen atoms in total. The van der Waals surface area contributed by atoms with Crippen molar-refractivity contribution in [2.45, 2.75) is 13.3 Å². The predicted octanol–water partition coefficient (Wildman–Crippen LogP) is 2.42. The van der Waals surface area contributed by atoms with E-state index in [0.717, 1.165) is 6.42 Å². The summed E-state index contributed by atoms with van der Waals surface area (Å²) in [5.41, 5.74) is 0.968. The minimum Gasteiger partial charge on any atom is -0.462 e. The normalized spacial score (nSPS) is 37.1. The standard InChI is InChI=1S/C20H19NO4/c1-2-25-20(24)10-3-5-11(6-4-10)21-18(22)16-12-7-8-13(15-9-14(12)15)17(16)19(21)23/h3-8,12-17H,2,9H2,1H3/t12-,13-,14-,15-,16+,17+/m1/s1. The number of carbonyl (C=O) groups is 3. The molecule has 0 radical (unpaired) electrons. The van der Waals surface area contributed by atoms with E-state index in [1.54, 1.807) is 31.2 Å². The van der Waals surface area contributed by atoms with Crippen LogP contribution in [0, 0.1) is 35.5 Å². The van der Waals surface area contributed by atoms with Gasteiger partial charge in [-0.3, -0.25) is 14.5 Å². The second-order valence-corrected chi connectivity index (χ2v) is 7.43. The number of imide groups is 1. The second kappa shape index (κ2) is 5.04. The second-order valence-electron chi connectivity index (χ2n) is 7.43. The van der Waals surface area contributed by atoms with Crippen LogP contribution < -0.4 is 4.90 Å². The molecule has 0 unspecified atom stereocenters. The van der Waals surface area contributed by atoms with Crippen LogP contribution in [0.3, 0.4) is 0 Å². The smallest absolute Gasteiger partial charge is 0.338 e. The molecule has 6 rings (SSSR count). The molecule has 2 bridgehead atoms. The molecule has 5 aliphatic rings. The van der Waals surface area contributed by atoms with Crippen molar-refractivity contribution in [3.63, 3.8) is 0 Å². The van der Waals surface area contributed by atoms with Crippen LogP contribution in [0.1, 0.15) is 23.7 Å². The molecular formula is C20H19NO4. The first-order valence-electron chi connectivity index (χ1n) is 8.95. The van der Waals surface area contributed by atoms with Gasteiger partial charge in [0.25, 0.3) is 0 Å². The molecule has 0 spiro atoms. The van der Waals surface area contributed by atoms with Crippen LogP contribution in [0.15, 0.2) is 36.4 Å². The Bertz CT molecular complexity index is 775. The summed E-state index contributed by atoms with van der Waals surface area (Å²) in [5, 5.41) is 0. The number of carbonyl (C=O) groups excluding carboxylic acids is 3. The summed E-state index contributed by atoms with van der Waals surface area (Å²) < 4.78 is 4.97. The van der Waals surface area contributed by atoms with Gasteiger partial charge >= 0.3 is 5.97 Å². The third kappa shape index (κ3) is 1.92. The lowest BCUT2D eigenvalue weighted by Crippen LogP contribution is -2.40. The van der Waals surface area contributed by atoms with Crippen molar-refractivity contribution < 1.29 is 19.1 Å². The van der Waals surface area contributed by atoms with Gasteiger partial charge in [0.1, 0.15) is 0 Å². The molecule has 2 amide bonds. The average molecular weight is 337 g/mol. The third-order valence-electron chi connectivity index (χ3n) is 6.30. The summed E-state index contributed by atoms with van der Waals surface area (Å²) in [6.45, 7) is 2.06. The minimum absolute atomic E-state index is 0.0800. The highest BCUT2D eigenvalue weighted by molar-refractivity contribution is 6.22. The Morgan fingerprint density at radius 2 is 1.60 bits per heavy atom. The van der Waals surface area contributed by atoms with E-state index >= 15 is 0 Å². The molecule has 128 valence electrons. The first-order chi connectivity index (χ1) is 12.1. The number of amides is 2.